The van der Waals surface area contributed by atoms with E-state index >= 15 is 0 Å². The Bertz CT molecular complexity index is 550. The number of carbonyl (C=O) groups is 1. The Morgan fingerprint density at radius 1 is 1.71 bits per heavy atom. The number of carboxylic acids is 1. The summed E-state index contributed by atoms with van der Waals surface area (Å²) >= 11 is 0. The van der Waals surface area contributed by atoms with Crippen LogP contribution in [0.15, 0.2) is 12.3 Å². The molecule has 0 aromatic carbocycles. The van der Waals surface area contributed by atoms with E-state index in [1.54, 1.807) is 0 Å². The lowest BCUT2D eigenvalue weighted by Crippen LogP contribution is -2.43. The van der Waals surface area contributed by atoms with E-state index in [0.29, 0.717) is 19.7 Å². The zero-order valence-electron chi connectivity index (χ0n) is 11.5. The van der Waals surface area contributed by atoms with Crippen molar-refractivity contribution in [2.45, 2.75) is 6.10 Å². The number of nitrogens with one attached hydrogen (secondary N) is 1. The molecule has 2 rings (SSSR count). The standard InChI is InChI=1S/C12H16N4O5/c1-15-2-3-21-9(7-15)6-14-11-10(16(19)20)4-8(5-13-11)12(17)18/h4-5,9H,2-3,6-7H2,1H3,(H,13,14)(H,17,18). The van der Waals surface area contributed by atoms with Crippen molar-refractivity contribution >= 4 is 17.5 Å². The van der Waals surface area contributed by atoms with Gasteiger partial charge in [-0.1, -0.05) is 0 Å². The smallest absolute Gasteiger partial charge is 0.337 e. The first-order chi connectivity index (χ1) is 9.97. The summed E-state index contributed by atoms with van der Waals surface area (Å²) < 4.78 is 5.54. The Kier molecular flexibility index (Phi) is 4.66. The lowest BCUT2D eigenvalue weighted by Gasteiger charge is -2.30. The highest BCUT2D eigenvalue weighted by Crippen LogP contribution is 2.23. The number of aromatic nitrogens is 1. The Morgan fingerprint density at radius 3 is 3.10 bits per heavy atom. The summed E-state index contributed by atoms with van der Waals surface area (Å²) in [6.45, 7) is 2.54. The quantitative estimate of drug-likeness (QED) is 0.593. The summed E-state index contributed by atoms with van der Waals surface area (Å²) in [7, 11) is 1.97. The maximum atomic E-state index is 11.0. The molecule has 0 radical (unpaired) electrons. The van der Waals surface area contributed by atoms with Crippen LogP contribution in [0.3, 0.4) is 0 Å². The average Bonchev–Trinajstić information content (AvgIpc) is 2.44. The van der Waals surface area contributed by atoms with Crippen molar-refractivity contribution in [1.82, 2.24) is 9.88 Å². The van der Waals surface area contributed by atoms with Crippen LogP contribution >= 0.6 is 0 Å². The van der Waals surface area contributed by atoms with E-state index in [0.717, 1.165) is 18.8 Å². The summed E-state index contributed by atoms with van der Waals surface area (Å²) in [5.41, 5.74) is -0.583. The van der Waals surface area contributed by atoms with E-state index in [2.05, 4.69) is 15.2 Å². The van der Waals surface area contributed by atoms with Gasteiger partial charge in [0.1, 0.15) is 0 Å². The first-order valence-corrected chi connectivity index (χ1v) is 6.39. The first kappa shape index (κ1) is 15.1. The summed E-state index contributed by atoms with van der Waals surface area (Å²) in [4.78, 5) is 27.1. The van der Waals surface area contributed by atoms with Crippen molar-refractivity contribution < 1.29 is 19.6 Å². The number of nitrogens with zero attached hydrogens (tertiary/aromatic N) is 3. The Hall–Kier alpha value is -2.26. The normalized spacial score (nSPS) is 19.2. The minimum atomic E-state index is -1.26. The number of morpholine rings is 1. The van der Waals surface area contributed by atoms with Crippen molar-refractivity contribution in [3.63, 3.8) is 0 Å². The van der Waals surface area contributed by atoms with E-state index < -0.39 is 10.9 Å². The van der Waals surface area contributed by atoms with Crippen LogP contribution in [0.4, 0.5) is 11.5 Å². The van der Waals surface area contributed by atoms with Gasteiger partial charge >= 0.3 is 11.7 Å². The van der Waals surface area contributed by atoms with Gasteiger partial charge in [0.25, 0.3) is 0 Å². The van der Waals surface area contributed by atoms with Gasteiger partial charge in [-0.3, -0.25) is 10.1 Å². The third-order valence-corrected chi connectivity index (χ3v) is 3.15. The minimum Gasteiger partial charge on any atom is -0.478 e. The third kappa shape index (κ3) is 3.86. The topological polar surface area (TPSA) is 118 Å². The molecule has 114 valence electrons. The van der Waals surface area contributed by atoms with Gasteiger partial charge in [0.05, 0.1) is 23.2 Å². The van der Waals surface area contributed by atoms with Crippen molar-refractivity contribution in [3.05, 3.63) is 27.9 Å². The van der Waals surface area contributed by atoms with Crippen molar-refractivity contribution in [2.24, 2.45) is 0 Å². The van der Waals surface area contributed by atoms with Gasteiger partial charge in [-0.05, 0) is 7.05 Å². The molecule has 0 aliphatic carbocycles. The molecule has 1 unspecified atom stereocenters. The number of rotatable bonds is 5. The van der Waals surface area contributed by atoms with Crippen molar-refractivity contribution in [1.29, 1.82) is 0 Å². The summed E-state index contributed by atoms with van der Waals surface area (Å²) in [6.07, 6.45) is 0.996. The van der Waals surface area contributed by atoms with Crippen LogP contribution in [-0.2, 0) is 4.74 Å². The molecule has 0 spiro atoms. The Morgan fingerprint density at radius 2 is 2.48 bits per heavy atom. The molecule has 2 N–H and O–H groups in total. The minimum absolute atomic E-state index is 0.0434. The molecule has 0 bridgehead atoms. The zero-order valence-corrected chi connectivity index (χ0v) is 11.5. The highest BCUT2D eigenvalue weighted by Gasteiger charge is 2.22. The third-order valence-electron chi connectivity index (χ3n) is 3.15. The van der Waals surface area contributed by atoms with E-state index in [-0.39, 0.29) is 23.2 Å². The van der Waals surface area contributed by atoms with Gasteiger partial charge < -0.3 is 20.1 Å². The number of hydrogen-bond acceptors (Lipinski definition) is 7. The molecule has 1 atom stereocenters. The summed E-state index contributed by atoms with van der Waals surface area (Å²) in [5.74, 6) is -1.21. The van der Waals surface area contributed by atoms with Gasteiger partial charge in [0.15, 0.2) is 0 Å². The molecule has 9 nitrogen and oxygen atoms in total. The molecule has 9 heteroatoms. The molecule has 1 aromatic rings. The van der Waals surface area contributed by atoms with Crippen LogP contribution in [0.25, 0.3) is 0 Å². The molecule has 1 aliphatic rings. The molecule has 1 aromatic heterocycles. The van der Waals surface area contributed by atoms with Crippen LogP contribution in [0.5, 0.6) is 0 Å². The molecular weight excluding hydrogens is 280 g/mol. The van der Waals surface area contributed by atoms with E-state index in [1.807, 2.05) is 7.05 Å². The predicted molar refractivity (Wildman–Crippen MR) is 73.6 cm³/mol. The highest BCUT2D eigenvalue weighted by atomic mass is 16.6. The fraction of sp³-hybridized carbons (Fsp3) is 0.500. The number of anilines is 1. The SMILES string of the molecule is CN1CCOC(CNc2ncc(C(=O)O)cc2[N+](=O)[O-])C1. The maximum absolute atomic E-state index is 11.0. The maximum Gasteiger partial charge on any atom is 0.337 e. The largest absolute Gasteiger partial charge is 0.478 e. The lowest BCUT2D eigenvalue weighted by atomic mass is 10.2. The van der Waals surface area contributed by atoms with Gasteiger partial charge in [-0.15, -0.1) is 0 Å². The molecule has 21 heavy (non-hydrogen) atoms. The lowest BCUT2D eigenvalue weighted by molar-refractivity contribution is -0.384. The van der Waals surface area contributed by atoms with Crippen LogP contribution in [0.1, 0.15) is 10.4 Å². The number of carboxylic acid groups (broad SMARTS) is 1. The number of aromatic carboxylic acids is 1. The molecular formula is C12H16N4O5. The van der Waals surface area contributed by atoms with Gasteiger partial charge in [-0.25, -0.2) is 9.78 Å². The second-order valence-corrected chi connectivity index (χ2v) is 4.79. The van der Waals surface area contributed by atoms with Crippen LogP contribution < -0.4 is 5.32 Å². The van der Waals surface area contributed by atoms with Gasteiger partial charge in [0, 0.05) is 31.9 Å². The van der Waals surface area contributed by atoms with Crippen LogP contribution in [0, 0.1) is 10.1 Å². The second kappa shape index (κ2) is 6.46. The highest BCUT2D eigenvalue weighted by molar-refractivity contribution is 5.88. The number of nitro groups is 1. The monoisotopic (exact) mass is 296 g/mol. The second-order valence-electron chi connectivity index (χ2n) is 4.79. The van der Waals surface area contributed by atoms with Crippen LogP contribution in [-0.4, -0.2) is 65.3 Å². The van der Waals surface area contributed by atoms with Gasteiger partial charge in [0.2, 0.25) is 5.82 Å². The molecule has 0 amide bonds. The fourth-order valence-corrected chi connectivity index (χ4v) is 2.05. The predicted octanol–water partition coefficient (Wildman–Crippen LogP) is 0.430. The van der Waals surface area contributed by atoms with E-state index in [9.17, 15) is 14.9 Å². The Labute approximate surface area is 120 Å². The van der Waals surface area contributed by atoms with Crippen molar-refractivity contribution in [3.8, 4) is 0 Å². The Balaban J connectivity index is 2.08. The zero-order chi connectivity index (χ0) is 15.4. The molecule has 0 saturated carbocycles. The number of ether oxygens (including phenoxy) is 1. The number of likely N-dealkylation sites (N-methyl/N-ethyl adjacent to an activating group) is 1. The summed E-state index contributed by atoms with van der Waals surface area (Å²) in [6, 6.07) is 0.992. The molecule has 2 heterocycles. The number of pyridine rings is 1. The molecule has 1 saturated heterocycles. The van der Waals surface area contributed by atoms with E-state index in [1.165, 1.54) is 0 Å². The first-order valence-electron chi connectivity index (χ1n) is 6.39. The van der Waals surface area contributed by atoms with E-state index in [4.69, 9.17) is 9.84 Å². The average molecular weight is 296 g/mol. The van der Waals surface area contributed by atoms with Crippen molar-refractivity contribution in [2.75, 3.05) is 38.6 Å². The molecule has 1 fully saturated rings. The van der Waals surface area contributed by atoms with Crippen LogP contribution in [0.2, 0.25) is 0 Å². The molecule has 1 aliphatic heterocycles. The fourth-order valence-electron chi connectivity index (χ4n) is 2.05. The number of hydrogen-bond donors (Lipinski definition) is 2. The summed E-state index contributed by atoms with van der Waals surface area (Å²) in [5, 5.41) is 22.7. The van der Waals surface area contributed by atoms with Gasteiger partial charge in [-0.2, -0.15) is 0 Å².